The fraction of sp³-hybridized carbons (Fsp3) is 0.727. The molecule has 0 aliphatic heterocycles. The topological polar surface area (TPSA) is 29.9 Å². The van der Waals surface area contributed by atoms with Gasteiger partial charge in [0.15, 0.2) is 0 Å². The van der Waals surface area contributed by atoms with Crippen molar-refractivity contribution in [1.29, 1.82) is 0 Å². The monoisotopic (exact) mass is 193 g/mol. The molecule has 1 aromatic rings. The van der Waals surface area contributed by atoms with Crippen LogP contribution in [0.15, 0.2) is 12.4 Å². The quantitative estimate of drug-likeness (QED) is 0.726. The molecule has 0 atom stereocenters. The third kappa shape index (κ3) is 2.15. The molecule has 3 nitrogen and oxygen atoms in total. The van der Waals surface area contributed by atoms with E-state index < -0.39 is 0 Å². The van der Waals surface area contributed by atoms with E-state index in [2.05, 4.69) is 28.2 Å². The maximum Gasteiger partial charge on any atom is 0.0534 e. The fourth-order valence-electron chi connectivity index (χ4n) is 1.73. The van der Waals surface area contributed by atoms with Gasteiger partial charge in [-0.3, -0.25) is 4.68 Å². The van der Waals surface area contributed by atoms with E-state index in [0.29, 0.717) is 6.04 Å². The Morgan fingerprint density at radius 3 is 3.07 bits per heavy atom. The molecule has 0 amide bonds. The highest BCUT2D eigenvalue weighted by Crippen LogP contribution is 2.30. The molecule has 3 heteroatoms. The van der Waals surface area contributed by atoms with Crippen LogP contribution in [0.3, 0.4) is 0 Å². The second-order valence-corrected chi connectivity index (χ2v) is 4.09. The van der Waals surface area contributed by atoms with Crippen LogP contribution in [-0.4, -0.2) is 16.3 Å². The standard InChI is InChI=1S/C11H19N3/c1-2-6-12-7-10-8-13-14(9-10)11-4-3-5-11/h8-9,11-12H,2-7H2,1H3. The van der Waals surface area contributed by atoms with Crippen molar-refractivity contribution in [1.82, 2.24) is 15.1 Å². The van der Waals surface area contributed by atoms with E-state index in [9.17, 15) is 0 Å². The van der Waals surface area contributed by atoms with Gasteiger partial charge in [-0.2, -0.15) is 5.10 Å². The molecule has 1 heterocycles. The van der Waals surface area contributed by atoms with Gasteiger partial charge in [0.05, 0.1) is 12.2 Å². The van der Waals surface area contributed by atoms with E-state index in [1.807, 2.05) is 6.20 Å². The Labute approximate surface area is 85.5 Å². The van der Waals surface area contributed by atoms with Crippen LogP contribution in [0.25, 0.3) is 0 Å². The number of hydrogen-bond acceptors (Lipinski definition) is 2. The van der Waals surface area contributed by atoms with Crippen LogP contribution < -0.4 is 5.32 Å². The molecule has 0 spiro atoms. The first-order valence-corrected chi connectivity index (χ1v) is 5.64. The number of hydrogen-bond donors (Lipinski definition) is 1. The van der Waals surface area contributed by atoms with Gasteiger partial charge in [0.25, 0.3) is 0 Å². The van der Waals surface area contributed by atoms with Crippen molar-refractivity contribution in [2.24, 2.45) is 0 Å². The molecule has 1 fully saturated rings. The molecule has 0 saturated heterocycles. The van der Waals surface area contributed by atoms with Crippen molar-refractivity contribution < 1.29 is 0 Å². The van der Waals surface area contributed by atoms with E-state index in [1.54, 1.807) is 0 Å². The van der Waals surface area contributed by atoms with Crippen molar-refractivity contribution in [2.45, 2.75) is 45.2 Å². The Bertz CT molecular complexity index is 276. The maximum absolute atomic E-state index is 4.39. The Hall–Kier alpha value is -0.830. The van der Waals surface area contributed by atoms with E-state index >= 15 is 0 Å². The summed E-state index contributed by atoms with van der Waals surface area (Å²) in [6.07, 6.45) is 9.35. The summed E-state index contributed by atoms with van der Waals surface area (Å²) in [6, 6.07) is 0.690. The Kier molecular flexibility index (Phi) is 3.19. The highest BCUT2D eigenvalue weighted by atomic mass is 15.3. The molecule has 0 unspecified atom stereocenters. The number of aromatic nitrogens is 2. The first-order chi connectivity index (χ1) is 6.90. The number of nitrogens with zero attached hydrogens (tertiary/aromatic N) is 2. The average molecular weight is 193 g/mol. The zero-order valence-corrected chi connectivity index (χ0v) is 8.87. The van der Waals surface area contributed by atoms with Crippen LogP contribution in [0.4, 0.5) is 0 Å². The first kappa shape index (κ1) is 9.71. The lowest BCUT2D eigenvalue weighted by molar-refractivity contribution is 0.289. The highest BCUT2D eigenvalue weighted by Gasteiger charge is 2.19. The van der Waals surface area contributed by atoms with Gasteiger partial charge in [0.1, 0.15) is 0 Å². The third-order valence-corrected chi connectivity index (χ3v) is 2.86. The van der Waals surface area contributed by atoms with Gasteiger partial charge < -0.3 is 5.32 Å². The average Bonchev–Trinajstić information content (AvgIpc) is 2.51. The zero-order valence-electron chi connectivity index (χ0n) is 8.87. The van der Waals surface area contributed by atoms with E-state index in [0.717, 1.165) is 13.1 Å². The van der Waals surface area contributed by atoms with Crippen LogP contribution in [0.2, 0.25) is 0 Å². The van der Waals surface area contributed by atoms with Crippen molar-refractivity contribution in [3.63, 3.8) is 0 Å². The van der Waals surface area contributed by atoms with Crippen molar-refractivity contribution in [2.75, 3.05) is 6.54 Å². The van der Waals surface area contributed by atoms with E-state index in [1.165, 1.54) is 31.2 Å². The maximum atomic E-state index is 4.39. The summed E-state index contributed by atoms with van der Waals surface area (Å²) >= 11 is 0. The second-order valence-electron chi connectivity index (χ2n) is 4.09. The summed E-state index contributed by atoms with van der Waals surface area (Å²) in [7, 11) is 0. The molecule has 0 aromatic carbocycles. The van der Waals surface area contributed by atoms with Crippen molar-refractivity contribution in [3.8, 4) is 0 Å². The SMILES string of the molecule is CCCNCc1cnn(C2CCC2)c1. The molecule has 14 heavy (non-hydrogen) atoms. The van der Waals surface area contributed by atoms with E-state index in [-0.39, 0.29) is 0 Å². The Morgan fingerprint density at radius 2 is 2.43 bits per heavy atom. The molecule has 1 aliphatic rings. The summed E-state index contributed by atoms with van der Waals surface area (Å²) in [5.74, 6) is 0. The summed E-state index contributed by atoms with van der Waals surface area (Å²) < 4.78 is 2.13. The Morgan fingerprint density at radius 1 is 1.57 bits per heavy atom. The molecule has 1 saturated carbocycles. The smallest absolute Gasteiger partial charge is 0.0534 e. The van der Waals surface area contributed by atoms with Crippen molar-refractivity contribution in [3.05, 3.63) is 18.0 Å². The van der Waals surface area contributed by atoms with Gasteiger partial charge in [-0.1, -0.05) is 6.92 Å². The summed E-state index contributed by atoms with van der Waals surface area (Å²) in [4.78, 5) is 0. The highest BCUT2D eigenvalue weighted by molar-refractivity contribution is 5.04. The normalized spacial score (nSPS) is 16.9. The van der Waals surface area contributed by atoms with Crippen LogP contribution in [-0.2, 0) is 6.54 Å². The molecule has 1 aromatic heterocycles. The summed E-state index contributed by atoms with van der Waals surface area (Å²) in [5, 5.41) is 7.78. The van der Waals surface area contributed by atoms with Gasteiger partial charge in [0, 0.05) is 18.3 Å². The van der Waals surface area contributed by atoms with Gasteiger partial charge in [-0.05, 0) is 32.2 Å². The predicted octanol–water partition coefficient (Wildman–Crippen LogP) is 2.11. The minimum Gasteiger partial charge on any atom is -0.313 e. The lowest BCUT2D eigenvalue weighted by Crippen LogP contribution is -2.17. The van der Waals surface area contributed by atoms with Crippen LogP contribution in [0.1, 0.15) is 44.2 Å². The lowest BCUT2D eigenvalue weighted by Gasteiger charge is -2.25. The molecule has 2 rings (SSSR count). The van der Waals surface area contributed by atoms with Gasteiger partial charge in [-0.25, -0.2) is 0 Å². The van der Waals surface area contributed by atoms with Crippen LogP contribution in [0, 0.1) is 0 Å². The van der Waals surface area contributed by atoms with Gasteiger partial charge in [0.2, 0.25) is 0 Å². The van der Waals surface area contributed by atoms with Crippen LogP contribution >= 0.6 is 0 Å². The Balaban J connectivity index is 1.83. The fourth-order valence-corrected chi connectivity index (χ4v) is 1.73. The molecular weight excluding hydrogens is 174 g/mol. The zero-order chi connectivity index (χ0) is 9.80. The first-order valence-electron chi connectivity index (χ1n) is 5.64. The minimum absolute atomic E-state index is 0.690. The lowest BCUT2D eigenvalue weighted by atomic mass is 9.93. The molecule has 0 radical (unpaired) electrons. The number of nitrogens with one attached hydrogen (secondary N) is 1. The third-order valence-electron chi connectivity index (χ3n) is 2.86. The summed E-state index contributed by atoms with van der Waals surface area (Å²) in [5.41, 5.74) is 1.31. The second kappa shape index (κ2) is 4.60. The number of rotatable bonds is 5. The predicted molar refractivity (Wildman–Crippen MR) is 57.1 cm³/mol. The van der Waals surface area contributed by atoms with E-state index in [4.69, 9.17) is 0 Å². The molecule has 1 N–H and O–H groups in total. The molecular formula is C11H19N3. The molecule has 1 aliphatic carbocycles. The van der Waals surface area contributed by atoms with Crippen molar-refractivity contribution >= 4 is 0 Å². The largest absolute Gasteiger partial charge is 0.313 e. The van der Waals surface area contributed by atoms with Crippen LogP contribution in [0.5, 0.6) is 0 Å². The van der Waals surface area contributed by atoms with Gasteiger partial charge >= 0.3 is 0 Å². The molecule has 78 valence electrons. The minimum atomic E-state index is 0.690. The van der Waals surface area contributed by atoms with Gasteiger partial charge in [-0.15, -0.1) is 0 Å². The summed E-state index contributed by atoms with van der Waals surface area (Å²) in [6.45, 7) is 4.24. The molecule has 0 bridgehead atoms.